The smallest absolute Gasteiger partial charge is 0.231 e. The summed E-state index contributed by atoms with van der Waals surface area (Å²) in [6.45, 7) is 1.02. The van der Waals surface area contributed by atoms with Gasteiger partial charge in [0.05, 0.1) is 25.8 Å². The third-order valence-electron chi connectivity index (χ3n) is 5.78. The van der Waals surface area contributed by atoms with Crippen molar-refractivity contribution in [3.05, 3.63) is 34.3 Å². The van der Waals surface area contributed by atoms with Gasteiger partial charge < -0.3 is 19.7 Å². The van der Waals surface area contributed by atoms with Gasteiger partial charge in [0.1, 0.15) is 0 Å². The van der Waals surface area contributed by atoms with E-state index in [2.05, 4.69) is 10.3 Å². The number of carbonyl (C=O) groups excluding carboxylic acids is 2. The molecule has 1 aliphatic carbocycles. The summed E-state index contributed by atoms with van der Waals surface area (Å²) in [5.74, 6) is 0.936. The van der Waals surface area contributed by atoms with Gasteiger partial charge in [0.15, 0.2) is 16.6 Å². The van der Waals surface area contributed by atoms with E-state index in [9.17, 15) is 9.59 Å². The van der Waals surface area contributed by atoms with Crippen LogP contribution in [0.3, 0.4) is 0 Å². The lowest BCUT2D eigenvalue weighted by Crippen LogP contribution is -2.30. The predicted molar refractivity (Wildman–Crippen MR) is 115 cm³/mol. The predicted octanol–water partition coefficient (Wildman–Crippen LogP) is 3.07. The summed E-state index contributed by atoms with van der Waals surface area (Å²) in [4.78, 5) is 32.8. The van der Waals surface area contributed by atoms with Crippen molar-refractivity contribution in [1.29, 1.82) is 0 Å². The van der Waals surface area contributed by atoms with Crippen LogP contribution in [-0.4, -0.2) is 49.0 Å². The van der Waals surface area contributed by atoms with Gasteiger partial charge in [0, 0.05) is 24.4 Å². The SMILES string of the molecule is COc1ccc(CCN2C[C@@H](C(=O)Nc3nc4c(s3)CCCC4)CC2=O)cc1OC. The van der Waals surface area contributed by atoms with E-state index in [1.807, 2.05) is 18.2 Å². The molecule has 1 aromatic heterocycles. The molecule has 0 spiro atoms. The van der Waals surface area contributed by atoms with E-state index in [0.717, 1.165) is 30.5 Å². The topological polar surface area (TPSA) is 80.8 Å². The molecule has 1 aromatic carbocycles. The largest absolute Gasteiger partial charge is 0.493 e. The molecular weight excluding hydrogens is 402 g/mol. The Morgan fingerprint density at radius 2 is 2.03 bits per heavy atom. The van der Waals surface area contributed by atoms with Crippen molar-refractivity contribution < 1.29 is 19.1 Å². The van der Waals surface area contributed by atoms with E-state index in [0.29, 0.717) is 36.1 Å². The van der Waals surface area contributed by atoms with Crippen LogP contribution in [0, 0.1) is 5.92 Å². The van der Waals surface area contributed by atoms with Gasteiger partial charge in [-0.25, -0.2) is 4.98 Å². The molecule has 2 aliphatic rings. The Morgan fingerprint density at radius 3 is 2.80 bits per heavy atom. The van der Waals surface area contributed by atoms with Gasteiger partial charge in [0.2, 0.25) is 11.8 Å². The van der Waals surface area contributed by atoms with Crippen LogP contribution in [0.4, 0.5) is 5.13 Å². The molecule has 1 atom stereocenters. The van der Waals surface area contributed by atoms with Crippen LogP contribution in [0.2, 0.25) is 0 Å². The quantitative estimate of drug-likeness (QED) is 0.732. The molecule has 1 N–H and O–H groups in total. The molecule has 2 amide bonds. The molecule has 1 aliphatic heterocycles. The van der Waals surface area contributed by atoms with Gasteiger partial charge in [-0.1, -0.05) is 6.07 Å². The first-order chi connectivity index (χ1) is 14.6. The first-order valence-electron chi connectivity index (χ1n) is 10.4. The van der Waals surface area contributed by atoms with Gasteiger partial charge in [-0.15, -0.1) is 11.3 Å². The number of nitrogens with zero attached hydrogens (tertiary/aromatic N) is 2. The van der Waals surface area contributed by atoms with Crippen LogP contribution < -0.4 is 14.8 Å². The number of anilines is 1. The Labute approximate surface area is 180 Å². The van der Waals surface area contributed by atoms with Crippen LogP contribution in [-0.2, 0) is 28.9 Å². The maximum atomic E-state index is 12.7. The molecule has 2 heterocycles. The Bertz CT molecular complexity index is 919. The number of carbonyl (C=O) groups is 2. The molecule has 8 heteroatoms. The number of methoxy groups -OCH3 is 2. The fourth-order valence-corrected chi connectivity index (χ4v) is 5.13. The van der Waals surface area contributed by atoms with Crippen molar-refractivity contribution >= 4 is 28.3 Å². The molecule has 0 unspecified atom stereocenters. The molecule has 4 rings (SSSR count). The lowest BCUT2D eigenvalue weighted by molar-refractivity contribution is -0.128. The molecule has 0 bridgehead atoms. The number of amides is 2. The summed E-state index contributed by atoms with van der Waals surface area (Å²) in [6, 6.07) is 5.76. The van der Waals surface area contributed by atoms with Gasteiger partial charge in [-0.3, -0.25) is 9.59 Å². The van der Waals surface area contributed by atoms with E-state index in [1.54, 1.807) is 30.5 Å². The van der Waals surface area contributed by atoms with Crippen LogP contribution in [0.15, 0.2) is 18.2 Å². The maximum absolute atomic E-state index is 12.7. The first kappa shape index (κ1) is 20.7. The number of hydrogen-bond acceptors (Lipinski definition) is 6. The summed E-state index contributed by atoms with van der Waals surface area (Å²) in [6.07, 6.45) is 5.34. The summed E-state index contributed by atoms with van der Waals surface area (Å²) >= 11 is 1.57. The third-order valence-corrected chi connectivity index (χ3v) is 6.85. The van der Waals surface area contributed by atoms with Crippen molar-refractivity contribution in [1.82, 2.24) is 9.88 Å². The van der Waals surface area contributed by atoms with Gasteiger partial charge >= 0.3 is 0 Å². The van der Waals surface area contributed by atoms with E-state index in [4.69, 9.17) is 9.47 Å². The molecule has 2 aromatic rings. The van der Waals surface area contributed by atoms with Crippen LogP contribution >= 0.6 is 11.3 Å². The molecular formula is C22H27N3O4S. The van der Waals surface area contributed by atoms with E-state index >= 15 is 0 Å². The van der Waals surface area contributed by atoms with Crippen molar-refractivity contribution in [3.8, 4) is 11.5 Å². The number of aryl methyl sites for hydroxylation is 2. The van der Waals surface area contributed by atoms with Crippen LogP contribution in [0.5, 0.6) is 11.5 Å². The molecule has 30 heavy (non-hydrogen) atoms. The highest BCUT2D eigenvalue weighted by molar-refractivity contribution is 7.15. The van der Waals surface area contributed by atoms with Gasteiger partial charge in [-0.05, 0) is 49.8 Å². The number of hydrogen-bond donors (Lipinski definition) is 1. The van der Waals surface area contributed by atoms with Crippen molar-refractivity contribution in [2.45, 2.75) is 38.5 Å². The van der Waals surface area contributed by atoms with Crippen LogP contribution in [0.1, 0.15) is 35.4 Å². The molecule has 7 nitrogen and oxygen atoms in total. The minimum absolute atomic E-state index is 0.0223. The lowest BCUT2D eigenvalue weighted by Gasteiger charge is -2.17. The Kier molecular flexibility index (Phi) is 6.22. The fraction of sp³-hybridized carbons (Fsp3) is 0.500. The van der Waals surface area contributed by atoms with Gasteiger partial charge in [0.25, 0.3) is 0 Å². The number of rotatable bonds is 7. The molecule has 0 radical (unpaired) electrons. The monoisotopic (exact) mass is 429 g/mol. The average Bonchev–Trinajstić information content (AvgIpc) is 3.34. The maximum Gasteiger partial charge on any atom is 0.231 e. The number of ether oxygens (including phenoxy) is 2. The summed E-state index contributed by atoms with van der Waals surface area (Å²) < 4.78 is 10.6. The standard InChI is InChI=1S/C22H27N3O4S/c1-28-17-8-7-14(11-18(17)29-2)9-10-25-13-15(12-20(25)26)21(27)24-22-23-16-5-3-4-6-19(16)30-22/h7-8,11,15H,3-6,9-10,12-13H2,1-2H3,(H,23,24,27)/t15-/m0/s1. The van der Waals surface area contributed by atoms with Gasteiger partial charge in [-0.2, -0.15) is 0 Å². The Morgan fingerprint density at radius 1 is 1.23 bits per heavy atom. The summed E-state index contributed by atoms with van der Waals surface area (Å²) in [7, 11) is 3.21. The number of nitrogens with one attached hydrogen (secondary N) is 1. The number of benzene rings is 1. The Hall–Kier alpha value is -2.61. The Balaban J connectivity index is 1.32. The second-order valence-electron chi connectivity index (χ2n) is 7.77. The highest BCUT2D eigenvalue weighted by Crippen LogP contribution is 2.31. The van der Waals surface area contributed by atoms with Crippen LogP contribution in [0.25, 0.3) is 0 Å². The molecule has 1 fully saturated rings. The van der Waals surface area contributed by atoms with Crippen molar-refractivity contribution in [3.63, 3.8) is 0 Å². The van der Waals surface area contributed by atoms with E-state index in [-0.39, 0.29) is 24.2 Å². The summed E-state index contributed by atoms with van der Waals surface area (Å²) in [5, 5.41) is 3.61. The van der Waals surface area contributed by atoms with E-state index < -0.39 is 0 Å². The normalized spacial score (nSPS) is 18.3. The summed E-state index contributed by atoms with van der Waals surface area (Å²) in [5.41, 5.74) is 2.18. The molecule has 160 valence electrons. The highest BCUT2D eigenvalue weighted by atomic mass is 32.1. The highest BCUT2D eigenvalue weighted by Gasteiger charge is 2.34. The second kappa shape index (κ2) is 9.04. The number of thiazole rings is 1. The third kappa shape index (κ3) is 4.43. The number of likely N-dealkylation sites (tertiary alicyclic amines) is 1. The second-order valence-corrected chi connectivity index (χ2v) is 8.85. The minimum Gasteiger partial charge on any atom is -0.493 e. The minimum atomic E-state index is -0.330. The van der Waals surface area contributed by atoms with Crippen molar-refractivity contribution in [2.75, 3.05) is 32.6 Å². The van der Waals surface area contributed by atoms with Crippen molar-refractivity contribution in [2.24, 2.45) is 5.92 Å². The zero-order valence-electron chi connectivity index (χ0n) is 17.4. The molecule has 1 saturated heterocycles. The zero-order chi connectivity index (χ0) is 21.1. The number of fused-ring (bicyclic) bond motifs is 1. The molecule has 0 saturated carbocycles. The first-order valence-corrected chi connectivity index (χ1v) is 11.2. The fourth-order valence-electron chi connectivity index (χ4n) is 4.08. The average molecular weight is 430 g/mol. The van der Waals surface area contributed by atoms with E-state index in [1.165, 1.54) is 11.3 Å². The zero-order valence-corrected chi connectivity index (χ0v) is 18.2. The number of aromatic nitrogens is 1. The lowest BCUT2D eigenvalue weighted by atomic mass is 10.0.